The summed E-state index contributed by atoms with van der Waals surface area (Å²) in [6.45, 7) is 4.35. The van der Waals surface area contributed by atoms with E-state index < -0.39 is 56.9 Å². The molecule has 3 atom stereocenters. The Balaban J connectivity index is 1.56. The van der Waals surface area contributed by atoms with Crippen LogP contribution >= 0.6 is 0 Å². The van der Waals surface area contributed by atoms with Crippen LogP contribution in [0.15, 0.2) is 71.6 Å². The van der Waals surface area contributed by atoms with Crippen LogP contribution in [0.2, 0.25) is 0 Å². The van der Waals surface area contributed by atoms with Gasteiger partial charge in [0.15, 0.2) is 0 Å². The molecule has 0 radical (unpaired) electrons. The Bertz CT molecular complexity index is 1490. The summed E-state index contributed by atoms with van der Waals surface area (Å²) in [5, 5.41) is 2.90. The molecule has 7 nitrogen and oxygen atoms in total. The minimum absolute atomic E-state index is 0.194. The molecule has 0 saturated heterocycles. The number of carbonyl (C=O) groups is 1. The second-order valence-corrected chi connectivity index (χ2v) is 12.0. The van der Waals surface area contributed by atoms with Gasteiger partial charge in [-0.2, -0.15) is 13.2 Å². The lowest BCUT2D eigenvalue weighted by atomic mass is 9.92. The molecule has 0 fully saturated rings. The Kier molecular flexibility index (Phi) is 9.05. The molecule has 0 bridgehead atoms. The van der Waals surface area contributed by atoms with Crippen molar-refractivity contribution < 1.29 is 35.5 Å². The number of fused-ring (bicyclic) bond motifs is 1. The van der Waals surface area contributed by atoms with Crippen molar-refractivity contribution in [3.63, 3.8) is 0 Å². The summed E-state index contributed by atoms with van der Waals surface area (Å²) in [5.74, 6) is -0.300. The van der Waals surface area contributed by atoms with E-state index in [-0.39, 0.29) is 17.5 Å². The van der Waals surface area contributed by atoms with Gasteiger partial charge in [-0.25, -0.2) is 17.5 Å². The summed E-state index contributed by atoms with van der Waals surface area (Å²) in [5.41, 5.74) is 7.03. The number of alkyl halides is 3. The van der Waals surface area contributed by atoms with Crippen molar-refractivity contribution in [2.75, 3.05) is 6.61 Å². The molecule has 0 aliphatic carbocycles. The molecule has 41 heavy (non-hydrogen) atoms. The zero-order valence-corrected chi connectivity index (χ0v) is 23.2. The smallest absolute Gasteiger partial charge is 0.416 e. The first-order valence-corrected chi connectivity index (χ1v) is 14.5. The van der Waals surface area contributed by atoms with Gasteiger partial charge in [-0.15, -0.1) is 0 Å². The van der Waals surface area contributed by atoms with Gasteiger partial charge in [0.2, 0.25) is 15.9 Å². The number of sulfonamides is 1. The maximum Gasteiger partial charge on any atom is 0.416 e. The fourth-order valence-electron chi connectivity index (χ4n) is 4.60. The summed E-state index contributed by atoms with van der Waals surface area (Å²) in [6, 6.07) is 11.9. The van der Waals surface area contributed by atoms with Crippen molar-refractivity contribution in [1.82, 2.24) is 10.0 Å². The van der Waals surface area contributed by atoms with E-state index in [0.29, 0.717) is 24.8 Å². The molecule has 3 aromatic carbocycles. The number of nitrogens with two attached hydrogens (primary N) is 1. The average Bonchev–Trinajstić information content (AvgIpc) is 2.92. The highest BCUT2D eigenvalue weighted by Crippen LogP contribution is 2.35. The number of carbonyl (C=O) groups excluding carboxylic acids is 1. The third-order valence-electron chi connectivity index (χ3n) is 6.95. The third-order valence-corrected chi connectivity index (χ3v) is 8.42. The minimum Gasteiger partial charge on any atom is -0.493 e. The second-order valence-electron chi connectivity index (χ2n) is 10.3. The topological polar surface area (TPSA) is 111 Å². The summed E-state index contributed by atoms with van der Waals surface area (Å²) in [6.07, 6.45) is -4.68. The first-order valence-electron chi connectivity index (χ1n) is 13.0. The van der Waals surface area contributed by atoms with Gasteiger partial charge in [-0.1, -0.05) is 44.2 Å². The van der Waals surface area contributed by atoms with Gasteiger partial charge in [0.25, 0.3) is 0 Å². The van der Waals surface area contributed by atoms with Crippen molar-refractivity contribution >= 4 is 15.9 Å². The molecule has 3 aromatic rings. The zero-order valence-electron chi connectivity index (χ0n) is 22.4. The molecule has 12 heteroatoms. The first kappa shape index (κ1) is 30.5. The number of benzene rings is 3. The number of halogens is 4. The van der Waals surface area contributed by atoms with E-state index in [1.165, 1.54) is 12.1 Å². The standard InChI is InChI=1S/C29H31F4N3O4S/c1-17(2)28(34)19-8-11-23-24(12-13-40-26(23)14-19)35-27(37)16-25(18-6-9-21(30)10-7-18)36-41(38,39)22-5-3-4-20(15-22)29(31,32)33/h3-11,14-15,17,24-25,28,36H,12-13,16,34H2,1-2H3,(H,35,37). The Hall–Kier alpha value is -3.48. The van der Waals surface area contributed by atoms with E-state index >= 15 is 0 Å². The van der Waals surface area contributed by atoms with Gasteiger partial charge in [-0.3, -0.25) is 4.79 Å². The van der Waals surface area contributed by atoms with Crippen molar-refractivity contribution in [3.05, 3.63) is 94.8 Å². The van der Waals surface area contributed by atoms with Crippen LogP contribution in [0.25, 0.3) is 0 Å². The molecule has 0 saturated carbocycles. The fraction of sp³-hybridized carbons (Fsp3) is 0.345. The highest BCUT2D eigenvalue weighted by molar-refractivity contribution is 7.89. The molecular formula is C29H31F4N3O4S. The highest BCUT2D eigenvalue weighted by atomic mass is 32.2. The fourth-order valence-corrected chi connectivity index (χ4v) is 5.87. The lowest BCUT2D eigenvalue weighted by Gasteiger charge is -2.29. The molecule has 1 aliphatic heterocycles. The van der Waals surface area contributed by atoms with Gasteiger partial charge in [-0.05, 0) is 53.4 Å². The summed E-state index contributed by atoms with van der Waals surface area (Å²) in [4.78, 5) is 12.6. The maximum absolute atomic E-state index is 13.6. The van der Waals surface area contributed by atoms with E-state index in [9.17, 15) is 30.8 Å². The Morgan fingerprint density at radius 2 is 1.73 bits per heavy atom. The molecule has 1 aliphatic rings. The Labute approximate surface area is 236 Å². The molecule has 1 heterocycles. The zero-order chi connectivity index (χ0) is 29.9. The van der Waals surface area contributed by atoms with Gasteiger partial charge < -0.3 is 15.8 Å². The van der Waals surface area contributed by atoms with Crippen LogP contribution in [-0.2, 0) is 21.0 Å². The molecule has 0 aromatic heterocycles. The lowest BCUT2D eigenvalue weighted by molar-refractivity contribution is -0.137. The average molecular weight is 594 g/mol. The predicted octanol–water partition coefficient (Wildman–Crippen LogP) is 5.55. The third kappa shape index (κ3) is 7.43. The lowest BCUT2D eigenvalue weighted by Crippen LogP contribution is -2.36. The molecule has 4 N–H and O–H groups in total. The van der Waals surface area contributed by atoms with E-state index in [2.05, 4.69) is 10.0 Å². The van der Waals surface area contributed by atoms with E-state index in [1.54, 1.807) is 0 Å². The SMILES string of the molecule is CC(C)C(N)c1ccc2c(c1)OCCC2NC(=O)CC(NS(=O)(=O)c1cccc(C(F)(F)F)c1)c1ccc(F)cc1. The normalized spacial score (nSPS) is 16.9. The highest BCUT2D eigenvalue weighted by Gasteiger charge is 2.33. The first-order chi connectivity index (χ1) is 19.2. The van der Waals surface area contributed by atoms with Crippen LogP contribution in [0.5, 0.6) is 5.75 Å². The number of ether oxygens (including phenoxy) is 1. The van der Waals surface area contributed by atoms with Crippen molar-refractivity contribution in [1.29, 1.82) is 0 Å². The number of nitrogens with one attached hydrogen (secondary N) is 2. The summed E-state index contributed by atoms with van der Waals surface area (Å²) in [7, 11) is -4.50. The summed E-state index contributed by atoms with van der Waals surface area (Å²) >= 11 is 0. The molecule has 4 rings (SSSR count). The van der Waals surface area contributed by atoms with Gasteiger partial charge in [0, 0.05) is 24.4 Å². The van der Waals surface area contributed by atoms with Crippen LogP contribution in [0, 0.1) is 11.7 Å². The van der Waals surface area contributed by atoms with Crippen molar-refractivity contribution in [2.45, 2.75) is 55.9 Å². The van der Waals surface area contributed by atoms with Gasteiger partial charge >= 0.3 is 6.18 Å². The molecule has 0 spiro atoms. The van der Waals surface area contributed by atoms with E-state index in [4.69, 9.17) is 10.5 Å². The summed E-state index contributed by atoms with van der Waals surface area (Å²) < 4.78 is 87.6. The van der Waals surface area contributed by atoms with Crippen LogP contribution in [0.3, 0.4) is 0 Å². The van der Waals surface area contributed by atoms with Crippen LogP contribution < -0.4 is 20.5 Å². The maximum atomic E-state index is 13.6. The van der Waals surface area contributed by atoms with E-state index in [1.807, 2.05) is 32.0 Å². The second kappa shape index (κ2) is 12.2. The Morgan fingerprint density at radius 1 is 1.05 bits per heavy atom. The molecular weight excluding hydrogens is 562 g/mol. The van der Waals surface area contributed by atoms with Gasteiger partial charge in [0.1, 0.15) is 11.6 Å². The van der Waals surface area contributed by atoms with Crippen molar-refractivity contribution in [3.8, 4) is 5.75 Å². The number of rotatable bonds is 9. The molecule has 220 valence electrons. The molecule has 3 unspecified atom stereocenters. The largest absolute Gasteiger partial charge is 0.493 e. The van der Waals surface area contributed by atoms with Gasteiger partial charge in [0.05, 0.1) is 29.1 Å². The minimum atomic E-state index is -4.75. The van der Waals surface area contributed by atoms with Crippen LogP contribution in [0.1, 0.15) is 67.1 Å². The predicted molar refractivity (Wildman–Crippen MR) is 145 cm³/mol. The monoisotopic (exact) mass is 593 g/mol. The van der Waals surface area contributed by atoms with E-state index in [0.717, 1.165) is 41.5 Å². The number of hydrogen-bond acceptors (Lipinski definition) is 5. The van der Waals surface area contributed by atoms with Crippen LogP contribution in [-0.4, -0.2) is 20.9 Å². The van der Waals surface area contributed by atoms with Crippen molar-refractivity contribution in [2.24, 2.45) is 11.7 Å². The number of amides is 1. The molecule has 1 amide bonds. The van der Waals surface area contributed by atoms with Crippen LogP contribution in [0.4, 0.5) is 17.6 Å². The number of hydrogen-bond donors (Lipinski definition) is 3. The quantitative estimate of drug-likeness (QED) is 0.282. The Morgan fingerprint density at radius 3 is 2.39 bits per heavy atom.